The third-order valence-corrected chi connectivity index (χ3v) is 4.60. The van der Waals surface area contributed by atoms with Gasteiger partial charge >= 0.3 is 12.1 Å². The van der Waals surface area contributed by atoms with E-state index >= 15 is 0 Å². The van der Waals surface area contributed by atoms with E-state index in [1.807, 2.05) is 20.8 Å². The molecule has 5 nitrogen and oxygen atoms in total. The molecular formula is C16H22INO4. The predicted octanol–water partition coefficient (Wildman–Crippen LogP) is 3.93. The van der Waals surface area contributed by atoms with Crippen molar-refractivity contribution in [2.45, 2.75) is 59.0 Å². The quantitative estimate of drug-likeness (QED) is 0.539. The molecule has 1 aliphatic carbocycles. The summed E-state index contributed by atoms with van der Waals surface area (Å²) in [6.45, 7) is 7.47. The fourth-order valence-corrected chi connectivity index (χ4v) is 3.69. The Kier molecular flexibility index (Phi) is 5.19. The standard InChI is InChI=1S/C16H22INO4/c1-5-21-14(19)12-10-8-6-7-9-11(10)13(17)18(12)15(20)22-16(2,3)4/h5-9H2,1-4H3. The lowest BCUT2D eigenvalue weighted by Crippen LogP contribution is -2.30. The summed E-state index contributed by atoms with van der Waals surface area (Å²) in [6.07, 6.45) is 3.26. The molecule has 2 rings (SSSR count). The largest absolute Gasteiger partial charge is 0.461 e. The molecular weight excluding hydrogens is 397 g/mol. The van der Waals surface area contributed by atoms with Crippen molar-refractivity contribution in [1.29, 1.82) is 0 Å². The Morgan fingerprint density at radius 3 is 2.32 bits per heavy atom. The number of ether oxygens (including phenoxy) is 2. The highest BCUT2D eigenvalue weighted by Crippen LogP contribution is 2.32. The van der Waals surface area contributed by atoms with Gasteiger partial charge in [-0.05, 0) is 87.1 Å². The van der Waals surface area contributed by atoms with Crippen molar-refractivity contribution in [3.63, 3.8) is 0 Å². The molecule has 0 N–H and O–H groups in total. The number of hydrogen-bond donors (Lipinski definition) is 0. The number of nitrogens with zero attached hydrogens (tertiary/aromatic N) is 1. The second-order valence-corrected chi connectivity index (χ2v) is 7.36. The molecule has 1 aromatic heterocycles. The highest BCUT2D eigenvalue weighted by atomic mass is 127. The summed E-state index contributed by atoms with van der Waals surface area (Å²) in [4.78, 5) is 24.9. The van der Waals surface area contributed by atoms with E-state index < -0.39 is 17.7 Å². The molecule has 0 spiro atoms. The maximum atomic E-state index is 12.6. The average Bonchev–Trinajstić information content (AvgIpc) is 2.71. The lowest BCUT2D eigenvalue weighted by Gasteiger charge is -2.20. The van der Waals surface area contributed by atoms with Crippen LogP contribution in [0, 0.1) is 3.70 Å². The van der Waals surface area contributed by atoms with Crippen LogP contribution in [0.1, 0.15) is 62.2 Å². The van der Waals surface area contributed by atoms with Crippen LogP contribution in [-0.2, 0) is 22.3 Å². The molecule has 0 bridgehead atoms. The SMILES string of the molecule is CCOC(=O)c1c2c(c(I)n1C(=O)OC(C)(C)C)CCCC2. The number of rotatable bonds is 2. The molecule has 1 aliphatic rings. The van der Waals surface area contributed by atoms with Crippen molar-refractivity contribution >= 4 is 34.7 Å². The maximum Gasteiger partial charge on any atom is 0.420 e. The van der Waals surface area contributed by atoms with E-state index in [9.17, 15) is 9.59 Å². The Hall–Kier alpha value is -1.05. The Balaban J connectivity index is 2.53. The van der Waals surface area contributed by atoms with Crippen LogP contribution in [0.5, 0.6) is 0 Å². The van der Waals surface area contributed by atoms with E-state index in [0.29, 0.717) is 5.69 Å². The molecule has 122 valence electrons. The van der Waals surface area contributed by atoms with Gasteiger partial charge in [-0.1, -0.05) is 0 Å². The third kappa shape index (κ3) is 3.47. The molecule has 0 atom stereocenters. The topological polar surface area (TPSA) is 57.5 Å². The zero-order chi connectivity index (χ0) is 16.5. The lowest BCUT2D eigenvalue weighted by atomic mass is 9.94. The van der Waals surface area contributed by atoms with E-state index in [-0.39, 0.29) is 6.61 Å². The number of aromatic nitrogens is 1. The number of fused-ring (bicyclic) bond motifs is 1. The molecule has 0 unspecified atom stereocenters. The van der Waals surface area contributed by atoms with Crippen LogP contribution < -0.4 is 0 Å². The van der Waals surface area contributed by atoms with E-state index in [2.05, 4.69) is 22.6 Å². The second kappa shape index (κ2) is 6.60. The van der Waals surface area contributed by atoms with Gasteiger partial charge in [0.2, 0.25) is 0 Å². The molecule has 0 amide bonds. The smallest absolute Gasteiger partial charge is 0.420 e. The Morgan fingerprint density at radius 2 is 1.77 bits per heavy atom. The van der Waals surface area contributed by atoms with Crippen LogP contribution in [0.15, 0.2) is 0 Å². The van der Waals surface area contributed by atoms with Crippen molar-refractivity contribution in [2.24, 2.45) is 0 Å². The van der Waals surface area contributed by atoms with Gasteiger partial charge in [-0.15, -0.1) is 0 Å². The van der Waals surface area contributed by atoms with E-state index in [4.69, 9.17) is 9.47 Å². The number of hydrogen-bond acceptors (Lipinski definition) is 4. The van der Waals surface area contributed by atoms with E-state index in [0.717, 1.165) is 40.5 Å². The first-order valence-corrected chi connectivity index (χ1v) is 8.66. The van der Waals surface area contributed by atoms with Gasteiger partial charge < -0.3 is 9.47 Å². The van der Waals surface area contributed by atoms with Gasteiger partial charge in [0.05, 0.1) is 10.3 Å². The number of halogens is 1. The Morgan fingerprint density at radius 1 is 1.18 bits per heavy atom. The van der Waals surface area contributed by atoms with Crippen molar-refractivity contribution in [2.75, 3.05) is 6.61 Å². The van der Waals surface area contributed by atoms with E-state index in [1.54, 1.807) is 6.92 Å². The van der Waals surface area contributed by atoms with Crippen LogP contribution in [0.3, 0.4) is 0 Å². The molecule has 1 aromatic rings. The van der Waals surface area contributed by atoms with Gasteiger partial charge in [0.25, 0.3) is 0 Å². The second-order valence-electron chi connectivity index (χ2n) is 6.34. The zero-order valence-electron chi connectivity index (χ0n) is 13.5. The van der Waals surface area contributed by atoms with Crippen LogP contribution in [0.4, 0.5) is 4.79 Å². The summed E-state index contributed by atoms with van der Waals surface area (Å²) in [7, 11) is 0. The molecule has 0 aromatic carbocycles. The maximum absolute atomic E-state index is 12.6. The zero-order valence-corrected chi connectivity index (χ0v) is 15.7. The van der Waals surface area contributed by atoms with Crippen molar-refractivity contribution in [3.8, 4) is 0 Å². The number of carbonyl (C=O) groups is 2. The van der Waals surface area contributed by atoms with Gasteiger partial charge in [-0.25, -0.2) is 14.2 Å². The molecule has 0 saturated heterocycles. The molecule has 22 heavy (non-hydrogen) atoms. The van der Waals surface area contributed by atoms with Gasteiger partial charge in [0, 0.05) is 0 Å². The van der Waals surface area contributed by atoms with Crippen LogP contribution >= 0.6 is 22.6 Å². The fraction of sp³-hybridized carbons (Fsp3) is 0.625. The molecule has 0 fully saturated rings. The van der Waals surface area contributed by atoms with Crippen molar-refractivity contribution in [1.82, 2.24) is 4.57 Å². The first-order valence-electron chi connectivity index (χ1n) is 7.58. The fourth-order valence-electron chi connectivity index (χ4n) is 2.66. The molecule has 0 saturated carbocycles. The normalized spacial score (nSPS) is 14.4. The summed E-state index contributed by atoms with van der Waals surface area (Å²) in [5, 5.41) is 0. The van der Waals surface area contributed by atoms with Gasteiger partial charge in [0.15, 0.2) is 0 Å². The Labute approximate surface area is 144 Å². The van der Waals surface area contributed by atoms with Crippen LogP contribution in [0.2, 0.25) is 0 Å². The average molecular weight is 419 g/mol. The Bertz CT molecular complexity index is 598. The molecule has 1 heterocycles. The minimum atomic E-state index is -0.614. The van der Waals surface area contributed by atoms with E-state index in [1.165, 1.54) is 4.57 Å². The number of esters is 1. The minimum Gasteiger partial charge on any atom is -0.461 e. The lowest BCUT2D eigenvalue weighted by molar-refractivity contribution is 0.0445. The van der Waals surface area contributed by atoms with Crippen LogP contribution in [0.25, 0.3) is 0 Å². The monoisotopic (exact) mass is 419 g/mol. The molecule has 0 aliphatic heterocycles. The van der Waals surface area contributed by atoms with Gasteiger partial charge in [0.1, 0.15) is 11.3 Å². The highest BCUT2D eigenvalue weighted by Gasteiger charge is 2.33. The first kappa shape index (κ1) is 17.3. The third-order valence-electron chi connectivity index (χ3n) is 3.47. The summed E-state index contributed by atoms with van der Waals surface area (Å²) in [5.41, 5.74) is 1.76. The predicted molar refractivity (Wildman–Crippen MR) is 91.4 cm³/mol. The van der Waals surface area contributed by atoms with Gasteiger partial charge in [-0.2, -0.15) is 0 Å². The molecule has 6 heteroatoms. The summed E-state index contributed by atoms with van der Waals surface area (Å²) in [5.74, 6) is -0.450. The van der Waals surface area contributed by atoms with Gasteiger partial charge in [-0.3, -0.25) is 0 Å². The molecule has 0 radical (unpaired) electrons. The van der Waals surface area contributed by atoms with Crippen molar-refractivity contribution in [3.05, 3.63) is 20.5 Å². The summed E-state index contributed by atoms with van der Waals surface area (Å²) >= 11 is 2.13. The summed E-state index contributed by atoms with van der Waals surface area (Å²) in [6, 6.07) is 0. The number of carbonyl (C=O) groups excluding carboxylic acids is 2. The minimum absolute atomic E-state index is 0.281. The van der Waals surface area contributed by atoms with Crippen molar-refractivity contribution < 1.29 is 19.1 Å². The first-order chi connectivity index (χ1) is 10.3. The summed E-state index contributed by atoms with van der Waals surface area (Å²) < 4.78 is 12.8. The van der Waals surface area contributed by atoms with Crippen LogP contribution in [-0.4, -0.2) is 28.8 Å². The highest BCUT2D eigenvalue weighted by molar-refractivity contribution is 14.1.